The second-order valence-corrected chi connectivity index (χ2v) is 6.54. The lowest BCUT2D eigenvalue weighted by atomic mass is 10.1. The number of aromatic nitrogens is 1. The fourth-order valence-electron chi connectivity index (χ4n) is 2.43. The first kappa shape index (κ1) is 17.2. The Hall–Kier alpha value is -2.67. The molecule has 0 aliphatic heterocycles. The normalized spacial score (nSPS) is 11.4. The van der Waals surface area contributed by atoms with Crippen LogP contribution < -0.4 is 0 Å². The van der Waals surface area contributed by atoms with Crippen molar-refractivity contribution < 1.29 is 13.9 Å². The summed E-state index contributed by atoms with van der Waals surface area (Å²) in [5.74, 6) is 1.36. The molecule has 3 rings (SSSR count). The van der Waals surface area contributed by atoms with E-state index in [0.29, 0.717) is 11.5 Å². The molecule has 2 heterocycles. The Labute approximate surface area is 152 Å². The van der Waals surface area contributed by atoms with Gasteiger partial charge in [-0.2, -0.15) is 0 Å². The van der Waals surface area contributed by atoms with Gasteiger partial charge in [0.1, 0.15) is 11.5 Å². The van der Waals surface area contributed by atoms with Gasteiger partial charge in [0.2, 0.25) is 5.76 Å². The largest absolute Gasteiger partial charge is 0.457 e. The molecule has 25 heavy (non-hydrogen) atoms. The Bertz CT molecular complexity index is 985. The summed E-state index contributed by atoms with van der Waals surface area (Å²) >= 11 is 3.55. The molecule has 7 heteroatoms. The summed E-state index contributed by atoms with van der Waals surface area (Å²) in [6, 6.07) is 7.75. The molecular weight excluding hydrogens is 388 g/mol. The van der Waals surface area contributed by atoms with Gasteiger partial charge in [-0.05, 0) is 68.3 Å². The molecule has 0 saturated carbocycles. The molecule has 0 N–H and O–H groups in total. The van der Waals surface area contributed by atoms with Crippen molar-refractivity contribution >= 4 is 33.8 Å². The van der Waals surface area contributed by atoms with Gasteiger partial charge in [0, 0.05) is 10.0 Å². The second kappa shape index (κ2) is 6.68. The maximum absolute atomic E-state index is 11.0. The summed E-state index contributed by atoms with van der Waals surface area (Å²) in [6.07, 6.45) is 3.10. The third-order valence-corrected chi connectivity index (χ3v) is 4.57. The molecule has 6 nitrogen and oxygen atoms in total. The average molecular weight is 403 g/mol. The highest BCUT2D eigenvalue weighted by Crippen LogP contribution is 2.33. The number of rotatable bonds is 4. The Balaban J connectivity index is 1.90. The van der Waals surface area contributed by atoms with E-state index >= 15 is 0 Å². The van der Waals surface area contributed by atoms with Crippen molar-refractivity contribution in [2.45, 2.75) is 20.8 Å². The highest BCUT2D eigenvalue weighted by atomic mass is 79.9. The van der Waals surface area contributed by atoms with Crippen LogP contribution in [0.4, 0.5) is 5.69 Å². The number of nitrogens with zero attached hydrogens (tertiary/aromatic N) is 2. The highest BCUT2D eigenvalue weighted by Gasteiger charge is 2.22. The van der Waals surface area contributed by atoms with Crippen molar-refractivity contribution in [1.82, 2.24) is 5.16 Å². The summed E-state index contributed by atoms with van der Waals surface area (Å²) in [5.41, 5.74) is 3.41. The topological polar surface area (TPSA) is 82.3 Å². The third kappa shape index (κ3) is 3.41. The Kier molecular flexibility index (Phi) is 4.59. The molecular formula is C18H15BrN2O4. The number of furan rings is 1. The molecule has 0 radical (unpaired) electrons. The highest BCUT2D eigenvalue weighted by molar-refractivity contribution is 9.10. The zero-order valence-corrected chi connectivity index (χ0v) is 15.5. The molecule has 3 aromatic rings. The van der Waals surface area contributed by atoms with E-state index in [-0.39, 0.29) is 17.1 Å². The average Bonchev–Trinajstić information content (AvgIpc) is 3.15. The number of hydrogen-bond donors (Lipinski definition) is 0. The predicted molar refractivity (Wildman–Crippen MR) is 98.1 cm³/mol. The van der Waals surface area contributed by atoms with Gasteiger partial charge in [0.05, 0.1) is 4.92 Å². The molecule has 2 aromatic heterocycles. The van der Waals surface area contributed by atoms with E-state index in [1.165, 1.54) is 24.1 Å². The summed E-state index contributed by atoms with van der Waals surface area (Å²) in [4.78, 5) is 10.5. The van der Waals surface area contributed by atoms with Crippen LogP contribution in [0.15, 0.2) is 37.7 Å². The van der Waals surface area contributed by atoms with Crippen LogP contribution >= 0.6 is 15.9 Å². The summed E-state index contributed by atoms with van der Waals surface area (Å²) in [6.45, 7) is 5.62. The van der Waals surface area contributed by atoms with Gasteiger partial charge < -0.3 is 8.94 Å². The Morgan fingerprint density at radius 1 is 1.16 bits per heavy atom. The van der Waals surface area contributed by atoms with E-state index in [2.05, 4.69) is 27.2 Å². The van der Waals surface area contributed by atoms with Crippen molar-refractivity contribution in [3.63, 3.8) is 0 Å². The van der Waals surface area contributed by atoms with Crippen molar-refractivity contribution in [2.24, 2.45) is 0 Å². The van der Waals surface area contributed by atoms with E-state index in [1.54, 1.807) is 12.1 Å². The Morgan fingerprint density at radius 3 is 2.60 bits per heavy atom. The maximum atomic E-state index is 11.0. The van der Waals surface area contributed by atoms with Crippen LogP contribution in [0.1, 0.15) is 28.3 Å². The maximum Gasteiger partial charge on any atom is 0.338 e. The van der Waals surface area contributed by atoms with Gasteiger partial charge in [-0.25, -0.2) is 0 Å². The minimum atomic E-state index is -0.509. The Morgan fingerprint density at radius 2 is 1.88 bits per heavy atom. The van der Waals surface area contributed by atoms with Gasteiger partial charge in [-0.3, -0.25) is 10.1 Å². The number of benzene rings is 1. The number of aryl methyl sites for hydroxylation is 3. The molecule has 0 spiro atoms. The van der Waals surface area contributed by atoms with Crippen molar-refractivity contribution in [3.8, 4) is 11.3 Å². The zero-order valence-electron chi connectivity index (χ0n) is 13.9. The molecule has 0 bridgehead atoms. The molecule has 0 unspecified atom stereocenters. The monoisotopic (exact) mass is 402 g/mol. The lowest BCUT2D eigenvalue weighted by Gasteiger charge is -2.06. The van der Waals surface area contributed by atoms with Gasteiger partial charge in [0.25, 0.3) is 0 Å². The fourth-order valence-corrected chi connectivity index (χ4v) is 3.08. The molecule has 0 atom stereocenters. The first-order chi connectivity index (χ1) is 11.9. The van der Waals surface area contributed by atoms with Crippen molar-refractivity contribution in [1.29, 1.82) is 0 Å². The first-order valence-corrected chi connectivity index (χ1v) is 8.32. The van der Waals surface area contributed by atoms with E-state index in [0.717, 1.165) is 10.0 Å². The van der Waals surface area contributed by atoms with Crippen LogP contribution in [0.2, 0.25) is 0 Å². The summed E-state index contributed by atoms with van der Waals surface area (Å²) in [7, 11) is 0. The fraction of sp³-hybridized carbons (Fsp3) is 0.167. The lowest BCUT2D eigenvalue weighted by molar-refractivity contribution is -0.386. The molecule has 128 valence electrons. The molecule has 1 aromatic carbocycles. The number of hydrogen-bond acceptors (Lipinski definition) is 5. The van der Waals surface area contributed by atoms with Crippen LogP contribution in [-0.2, 0) is 0 Å². The van der Waals surface area contributed by atoms with Crippen molar-refractivity contribution in [3.05, 3.63) is 67.2 Å². The van der Waals surface area contributed by atoms with E-state index in [9.17, 15) is 10.1 Å². The molecule has 0 amide bonds. The number of halogens is 1. The van der Waals surface area contributed by atoms with Crippen LogP contribution in [0.25, 0.3) is 23.5 Å². The van der Waals surface area contributed by atoms with Gasteiger partial charge in [0.15, 0.2) is 5.69 Å². The van der Waals surface area contributed by atoms with Crippen LogP contribution in [-0.4, -0.2) is 10.1 Å². The molecule has 0 aliphatic rings. The standard InChI is InChI=1S/C18H15BrN2O4/c1-10-8-14(15(19)9-11(10)2)16-6-4-13(24-16)5-7-17-18(21(22)23)12(3)20-25-17/h4-9H,1-3H3. The van der Waals surface area contributed by atoms with Crippen molar-refractivity contribution in [2.75, 3.05) is 0 Å². The second-order valence-electron chi connectivity index (χ2n) is 5.69. The minimum Gasteiger partial charge on any atom is -0.457 e. The van der Waals surface area contributed by atoms with Gasteiger partial charge in [-0.1, -0.05) is 21.1 Å². The molecule has 0 fully saturated rings. The van der Waals surface area contributed by atoms with Gasteiger partial charge in [-0.15, -0.1) is 0 Å². The third-order valence-electron chi connectivity index (χ3n) is 3.91. The molecule has 0 saturated heterocycles. The summed E-state index contributed by atoms with van der Waals surface area (Å²) in [5, 5.41) is 14.7. The smallest absolute Gasteiger partial charge is 0.338 e. The quantitative estimate of drug-likeness (QED) is 0.412. The summed E-state index contributed by atoms with van der Waals surface area (Å²) < 4.78 is 11.8. The zero-order chi connectivity index (χ0) is 18.1. The van der Waals surface area contributed by atoms with Crippen LogP contribution in [0, 0.1) is 30.9 Å². The predicted octanol–water partition coefficient (Wildman–Crippen LogP) is 5.70. The lowest BCUT2D eigenvalue weighted by Crippen LogP contribution is -1.90. The van der Waals surface area contributed by atoms with E-state index < -0.39 is 4.92 Å². The number of nitro groups is 1. The van der Waals surface area contributed by atoms with E-state index in [4.69, 9.17) is 8.94 Å². The van der Waals surface area contributed by atoms with Crippen LogP contribution in [0.5, 0.6) is 0 Å². The SMILES string of the molecule is Cc1cc(Br)c(-c2ccc(C=Cc3onc(C)c3[N+](=O)[O-])o2)cc1C. The molecule has 0 aliphatic carbocycles. The van der Waals surface area contributed by atoms with Crippen LogP contribution in [0.3, 0.4) is 0 Å². The van der Waals surface area contributed by atoms with E-state index in [1.807, 2.05) is 26.0 Å². The first-order valence-electron chi connectivity index (χ1n) is 7.52. The van der Waals surface area contributed by atoms with Gasteiger partial charge >= 0.3 is 5.69 Å². The minimum absolute atomic E-state index is 0.0906.